The minimum Gasteiger partial charge on any atom is -0.404 e. The molecule has 0 saturated carbocycles. The largest absolute Gasteiger partial charge is 0.417 e. The fourth-order valence-corrected chi connectivity index (χ4v) is 1.95. The van der Waals surface area contributed by atoms with E-state index < -0.39 is 5.76 Å². The molecule has 6 nitrogen and oxygen atoms in total. The summed E-state index contributed by atoms with van der Waals surface area (Å²) in [5.41, 5.74) is 1.78. The molecule has 0 aliphatic heterocycles. The van der Waals surface area contributed by atoms with Gasteiger partial charge in [-0.2, -0.15) is 0 Å². The number of H-pyrrole nitrogens is 1. The second-order valence-corrected chi connectivity index (χ2v) is 4.31. The number of carbonyl (C=O) groups excluding carboxylic acids is 1. The zero-order valence-electron chi connectivity index (χ0n) is 10.7. The van der Waals surface area contributed by atoms with Crippen LogP contribution in [0.4, 0.5) is 0 Å². The number of oxazole rings is 1. The summed E-state index contributed by atoms with van der Waals surface area (Å²) in [7, 11) is 0. The number of rotatable bonds is 3. The van der Waals surface area contributed by atoms with Gasteiger partial charge in [-0.25, -0.2) is 9.78 Å². The highest BCUT2D eigenvalue weighted by Crippen LogP contribution is 2.14. The monoisotopic (exact) mass is 269 g/mol. The van der Waals surface area contributed by atoms with Crippen molar-refractivity contribution in [2.24, 2.45) is 0 Å². The van der Waals surface area contributed by atoms with E-state index in [4.69, 9.17) is 4.42 Å². The summed E-state index contributed by atoms with van der Waals surface area (Å²) in [6.07, 6.45) is 5.16. The number of nitrogens with one attached hydrogen (secondary N) is 1. The first-order chi connectivity index (χ1) is 9.65. The molecule has 0 aliphatic carbocycles. The third kappa shape index (κ3) is 2.07. The number of aromatic amines is 1. The van der Waals surface area contributed by atoms with Crippen molar-refractivity contribution >= 4 is 5.78 Å². The van der Waals surface area contributed by atoms with Crippen LogP contribution < -0.4 is 5.76 Å². The van der Waals surface area contributed by atoms with E-state index in [1.54, 1.807) is 43.7 Å². The zero-order chi connectivity index (χ0) is 14.1. The number of hydrogen-bond donors (Lipinski definition) is 1. The minimum atomic E-state index is -0.624. The van der Waals surface area contributed by atoms with E-state index in [1.807, 2.05) is 10.8 Å². The molecule has 3 aromatic rings. The quantitative estimate of drug-likeness (QED) is 0.734. The molecule has 20 heavy (non-hydrogen) atoms. The van der Waals surface area contributed by atoms with Crippen LogP contribution in [0.3, 0.4) is 0 Å². The van der Waals surface area contributed by atoms with E-state index in [9.17, 15) is 9.59 Å². The van der Waals surface area contributed by atoms with Gasteiger partial charge in [0, 0.05) is 23.6 Å². The molecular weight excluding hydrogens is 258 g/mol. The van der Waals surface area contributed by atoms with Gasteiger partial charge in [-0.1, -0.05) is 0 Å². The highest BCUT2D eigenvalue weighted by Gasteiger charge is 2.17. The molecule has 1 aromatic carbocycles. The first-order valence-electron chi connectivity index (χ1n) is 5.98. The summed E-state index contributed by atoms with van der Waals surface area (Å²) in [6.45, 7) is 1.62. The van der Waals surface area contributed by atoms with Crippen LogP contribution in [-0.4, -0.2) is 20.3 Å². The van der Waals surface area contributed by atoms with Gasteiger partial charge in [0.15, 0.2) is 5.76 Å². The molecule has 0 spiro atoms. The van der Waals surface area contributed by atoms with E-state index in [2.05, 4.69) is 9.97 Å². The number of benzene rings is 1. The molecular formula is C14H11N3O3. The maximum absolute atomic E-state index is 12.2. The highest BCUT2D eigenvalue weighted by atomic mass is 16.4. The Morgan fingerprint density at radius 1 is 1.30 bits per heavy atom. The van der Waals surface area contributed by atoms with Gasteiger partial charge in [-0.3, -0.25) is 9.78 Å². The van der Waals surface area contributed by atoms with Crippen molar-refractivity contribution in [1.29, 1.82) is 0 Å². The minimum absolute atomic E-state index is 0.0466. The van der Waals surface area contributed by atoms with Gasteiger partial charge in [0.25, 0.3) is 0 Å². The van der Waals surface area contributed by atoms with E-state index >= 15 is 0 Å². The number of nitrogens with zero attached hydrogens (tertiary/aromatic N) is 2. The average Bonchev–Trinajstić information content (AvgIpc) is 3.08. The number of hydrogen-bond acceptors (Lipinski definition) is 4. The zero-order valence-corrected chi connectivity index (χ0v) is 10.7. The normalized spacial score (nSPS) is 10.7. The smallest absolute Gasteiger partial charge is 0.404 e. The maximum Gasteiger partial charge on any atom is 0.417 e. The number of aromatic nitrogens is 3. The Balaban J connectivity index is 1.93. The van der Waals surface area contributed by atoms with Gasteiger partial charge in [0.2, 0.25) is 5.78 Å². The van der Waals surface area contributed by atoms with Crippen molar-refractivity contribution in [3.63, 3.8) is 0 Å². The molecule has 0 radical (unpaired) electrons. The van der Waals surface area contributed by atoms with E-state index in [0.717, 1.165) is 5.69 Å². The highest BCUT2D eigenvalue weighted by molar-refractivity contribution is 6.07. The van der Waals surface area contributed by atoms with Crippen LogP contribution in [0.15, 0.2) is 52.2 Å². The van der Waals surface area contributed by atoms with Crippen LogP contribution >= 0.6 is 0 Å². The van der Waals surface area contributed by atoms with Crippen LogP contribution in [0, 0.1) is 6.92 Å². The van der Waals surface area contributed by atoms with Crippen LogP contribution in [-0.2, 0) is 0 Å². The van der Waals surface area contributed by atoms with Gasteiger partial charge >= 0.3 is 5.76 Å². The number of ketones is 1. The molecule has 6 heteroatoms. The van der Waals surface area contributed by atoms with Gasteiger partial charge in [0.05, 0.1) is 12.0 Å². The van der Waals surface area contributed by atoms with Crippen molar-refractivity contribution in [3.05, 3.63) is 70.6 Å². The summed E-state index contributed by atoms with van der Waals surface area (Å²) in [6, 6.07) is 6.97. The topological polar surface area (TPSA) is 80.9 Å². The molecule has 3 rings (SSSR count). The van der Waals surface area contributed by atoms with Gasteiger partial charge < -0.3 is 8.98 Å². The van der Waals surface area contributed by atoms with Crippen molar-refractivity contribution in [1.82, 2.24) is 14.5 Å². The summed E-state index contributed by atoms with van der Waals surface area (Å²) < 4.78 is 6.69. The fraction of sp³-hybridized carbons (Fsp3) is 0.0714. The third-order valence-corrected chi connectivity index (χ3v) is 2.96. The third-order valence-electron chi connectivity index (χ3n) is 2.96. The first-order valence-corrected chi connectivity index (χ1v) is 5.98. The van der Waals surface area contributed by atoms with Crippen LogP contribution in [0.1, 0.15) is 21.8 Å². The fourth-order valence-electron chi connectivity index (χ4n) is 1.95. The SMILES string of the molecule is Cc1[nH]c(=O)oc1C(=O)c1ccc(-n2ccnc2)cc1. The molecule has 100 valence electrons. The lowest BCUT2D eigenvalue weighted by Crippen LogP contribution is -2.02. The lowest BCUT2D eigenvalue weighted by atomic mass is 10.1. The Hall–Kier alpha value is -2.89. The summed E-state index contributed by atoms with van der Waals surface area (Å²) in [5.74, 6) is -0.899. The Bertz CT molecular complexity index is 795. The first kappa shape index (κ1) is 12.2. The lowest BCUT2D eigenvalue weighted by Gasteiger charge is -2.03. The Kier molecular flexibility index (Phi) is 2.83. The van der Waals surface area contributed by atoms with E-state index in [-0.39, 0.29) is 11.5 Å². The molecule has 0 aliphatic rings. The Morgan fingerprint density at radius 3 is 2.60 bits per heavy atom. The van der Waals surface area contributed by atoms with Gasteiger partial charge in [0.1, 0.15) is 0 Å². The summed E-state index contributed by atoms with van der Waals surface area (Å²) >= 11 is 0. The van der Waals surface area contributed by atoms with Gasteiger partial charge in [-0.05, 0) is 31.2 Å². The summed E-state index contributed by atoms with van der Waals surface area (Å²) in [5, 5.41) is 0. The maximum atomic E-state index is 12.2. The molecule has 2 heterocycles. The molecule has 0 amide bonds. The molecule has 0 unspecified atom stereocenters. The Morgan fingerprint density at radius 2 is 2.05 bits per heavy atom. The average molecular weight is 269 g/mol. The second-order valence-electron chi connectivity index (χ2n) is 4.31. The molecule has 1 N–H and O–H groups in total. The standard InChI is InChI=1S/C14H11N3O3/c1-9-13(20-14(19)16-9)12(18)10-2-4-11(5-3-10)17-7-6-15-8-17/h2-8H,1H3,(H,16,19). The lowest BCUT2D eigenvalue weighted by molar-refractivity contribution is 0.101. The van der Waals surface area contributed by atoms with Crippen molar-refractivity contribution in [2.45, 2.75) is 6.92 Å². The van der Waals surface area contributed by atoms with E-state index in [0.29, 0.717) is 11.3 Å². The predicted octanol–water partition coefficient (Wildman–Crippen LogP) is 1.69. The van der Waals surface area contributed by atoms with E-state index in [1.165, 1.54) is 0 Å². The molecule has 2 aromatic heterocycles. The Labute approximate surface area is 113 Å². The summed E-state index contributed by atoms with van der Waals surface area (Å²) in [4.78, 5) is 29.7. The number of imidazole rings is 1. The molecule has 0 saturated heterocycles. The van der Waals surface area contributed by atoms with Crippen molar-refractivity contribution in [3.8, 4) is 5.69 Å². The van der Waals surface area contributed by atoms with Crippen LogP contribution in [0.2, 0.25) is 0 Å². The number of aryl methyl sites for hydroxylation is 1. The predicted molar refractivity (Wildman–Crippen MR) is 71.1 cm³/mol. The van der Waals surface area contributed by atoms with Crippen molar-refractivity contribution in [2.75, 3.05) is 0 Å². The van der Waals surface area contributed by atoms with Crippen LogP contribution in [0.25, 0.3) is 5.69 Å². The second kappa shape index (κ2) is 4.65. The van der Waals surface area contributed by atoms with Gasteiger partial charge in [-0.15, -0.1) is 0 Å². The molecule has 0 atom stereocenters. The van der Waals surface area contributed by atoms with Crippen LogP contribution in [0.5, 0.6) is 0 Å². The molecule has 0 bridgehead atoms. The number of carbonyl (C=O) groups is 1. The van der Waals surface area contributed by atoms with Crippen molar-refractivity contribution < 1.29 is 9.21 Å². The molecule has 0 fully saturated rings.